The third-order valence-corrected chi connectivity index (χ3v) is 3.90. The fraction of sp³-hybridized carbons (Fsp3) is 0.600. The summed E-state index contributed by atoms with van der Waals surface area (Å²) in [6.07, 6.45) is 10.4. The van der Waals surface area contributed by atoms with Gasteiger partial charge in [-0.15, -0.1) is 0 Å². The first kappa shape index (κ1) is 14.0. The number of carboxylic acid groups (broad SMARTS) is 1. The van der Waals surface area contributed by atoms with Crippen LogP contribution in [-0.4, -0.2) is 22.1 Å². The summed E-state index contributed by atoms with van der Waals surface area (Å²) in [5.41, 5.74) is 1.75. The maximum absolute atomic E-state index is 11.5. The van der Waals surface area contributed by atoms with Gasteiger partial charge in [0.2, 0.25) is 0 Å². The van der Waals surface area contributed by atoms with Gasteiger partial charge in [-0.3, -0.25) is 15.1 Å². The fourth-order valence-electron chi connectivity index (χ4n) is 2.75. The Balaban J connectivity index is 2.12. The van der Waals surface area contributed by atoms with Crippen LogP contribution in [-0.2, 0) is 4.79 Å². The topological polar surface area (TPSA) is 62.2 Å². The van der Waals surface area contributed by atoms with E-state index in [9.17, 15) is 9.90 Å². The van der Waals surface area contributed by atoms with Crippen LogP contribution in [0.2, 0.25) is 0 Å². The Morgan fingerprint density at radius 3 is 2.63 bits per heavy atom. The number of nitrogens with one attached hydrogen (secondary N) is 1. The number of aryl methyl sites for hydroxylation is 1. The lowest BCUT2D eigenvalue weighted by atomic mass is 10.0. The van der Waals surface area contributed by atoms with Gasteiger partial charge in [0.1, 0.15) is 6.04 Å². The highest BCUT2D eigenvalue weighted by molar-refractivity contribution is 5.76. The monoisotopic (exact) mass is 262 g/mol. The first-order valence-electron chi connectivity index (χ1n) is 7.08. The summed E-state index contributed by atoms with van der Waals surface area (Å²) in [6.45, 7) is 1.93. The molecule has 0 spiro atoms. The van der Waals surface area contributed by atoms with Crippen LogP contribution in [0.4, 0.5) is 0 Å². The van der Waals surface area contributed by atoms with Crippen molar-refractivity contribution in [2.45, 2.75) is 57.5 Å². The number of hydrogen-bond donors (Lipinski definition) is 2. The fourth-order valence-corrected chi connectivity index (χ4v) is 2.75. The molecule has 1 saturated carbocycles. The standard InChI is InChI=1S/C15H22N2O2/c1-11-8-9-16-10-13(11)14(15(18)19)17-12-6-4-2-3-5-7-12/h8-10,12,14,17H,2-7H2,1H3,(H,18,19). The van der Waals surface area contributed by atoms with Crippen molar-refractivity contribution in [1.82, 2.24) is 10.3 Å². The zero-order valence-corrected chi connectivity index (χ0v) is 11.4. The van der Waals surface area contributed by atoms with Gasteiger partial charge in [-0.25, -0.2) is 0 Å². The Labute approximate surface area is 114 Å². The average molecular weight is 262 g/mol. The number of carboxylic acids is 1. The van der Waals surface area contributed by atoms with Crippen LogP contribution >= 0.6 is 0 Å². The van der Waals surface area contributed by atoms with Gasteiger partial charge in [-0.05, 0) is 31.4 Å². The summed E-state index contributed by atoms with van der Waals surface area (Å²) in [5, 5.41) is 12.8. The van der Waals surface area contributed by atoms with Gasteiger partial charge in [0, 0.05) is 24.0 Å². The molecule has 0 radical (unpaired) electrons. The molecule has 0 aliphatic heterocycles. The van der Waals surface area contributed by atoms with Crippen LogP contribution in [0.3, 0.4) is 0 Å². The van der Waals surface area contributed by atoms with Gasteiger partial charge in [0.25, 0.3) is 0 Å². The maximum Gasteiger partial charge on any atom is 0.325 e. The van der Waals surface area contributed by atoms with E-state index in [2.05, 4.69) is 10.3 Å². The number of aliphatic carboxylic acids is 1. The van der Waals surface area contributed by atoms with E-state index in [0.29, 0.717) is 6.04 Å². The molecular weight excluding hydrogens is 240 g/mol. The van der Waals surface area contributed by atoms with E-state index in [1.54, 1.807) is 12.4 Å². The average Bonchev–Trinajstić information content (AvgIpc) is 2.65. The summed E-state index contributed by atoms with van der Waals surface area (Å²) in [5.74, 6) is -0.819. The SMILES string of the molecule is Cc1ccncc1C(NC1CCCCCC1)C(=O)O. The number of nitrogens with zero attached hydrogens (tertiary/aromatic N) is 1. The van der Waals surface area contributed by atoms with Crippen molar-refractivity contribution in [2.24, 2.45) is 0 Å². The summed E-state index contributed by atoms with van der Waals surface area (Å²) < 4.78 is 0. The Kier molecular flexibility index (Phi) is 4.91. The van der Waals surface area contributed by atoms with Crippen molar-refractivity contribution >= 4 is 5.97 Å². The van der Waals surface area contributed by atoms with Crippen LogP contribution in [0.5, 0.6) is 0 Å². The molecule has 19 heavy (non-hydrogen) atoms. The van der Waals surface area contributed by atoms with E-state index in [1.165, 1.54) is 25.7 Å². The molecule has 1 aliphatic carbocycles. The molecule has 4 nitrogen and oxygen atoms in total. The third kappa shape index (κ3) is 3.77. The molecule has 0 amide bonds. The second-order valence-corrected chi connectivity index (χ2v) is 5.36. The van der Waals surface area contributed by atoms with E-state index >= 15 is 0 Å². The summed E-state index contributed by atoms with van der Waals surface area (Å²) in [4.78, 5) is 15.6. The predicted octanol–water partition coefficient (Wildman–Crippen LogP) is 2.83. The van der Waals surface area contributed by atoms with E-state index in [0.717, 1.165) is 24.0 Å². The molecule has 4 heteroatoms. The minimum atomic E-state index is -0.819. The number of hydrogen-bond acceptors (Lipinski definition) is 3. The highest BCUT2D eigenvalue weighted by Crippen LogP contribution is 2.22. The Morgan fingerprint density at radius 2 is 2.05 bits per heavy atom. The van der Waals surface area contributed by atoms with Crippen LogP contribution in [0.1, 0.15) is 55.7 Å². The zero-order chi connectivity index (χ0) is 13.7. The molecule has 0 aromatic carbocycles. The normalized spacial score (nSPS) is 18.8. The Hall–Kier alpha value is -1.42. The van der Waals surface area contributed by atoms with Crippen LogP contribution in [0.15, 0.2) is 18.5 Å². The predicted molar refractivity (Wildman–Crippen MR) is 74.0 cm³/mol. The first-order chi connectivity index (χ1) is 9.18. The van der Waals surface area contributed by atoms with E-state index in [4.69, 9.17) is 0 Å². The molecule has 104 valence electrons. The number of rotatable bonds is 4. The zero-order valence-electron chi connectivity index (χ0n) is 11.4. The van der Waals surface area contributed by atoms with Crippen molar-refractivity contribution < 1.29 is 9.90 Å². The minimum absolute atomic E-state index is 0.309. The first-order valence-corrected chi connectivity index (χ1v) is 7.08. The molecule has 1 fully saturated rings. The van der Waals surface area contributed by atoms with Gasteiger partial charge in [-0.1, -0.05) is 25.7 Å². The van der Waals surface area contributed by atoms with E-state index < -0.39 is 12.0 Å². The molecule has 0 bridgehead atoms. The quantitative estimate of drug-likeness (QED) is 0.819. The molecule has 0 saturated heterocycles. The van der Waals surface area contributed by atoms with Gasteiger partial charge in [0.05, 0.1) is 0 Å². The molecular formula is C15H22N2O2. The Bertz CT molecular complexity index is 426. The summed E-state index contributed by atoms with van der Waals surface area (Å²) in [6, 6.07) is 1.53. The van der Waals surface area contributed by atoms with Crippen molar-refractivity contribution in [3.8, 4) is 0 Å². The van der Waals surface area contributed by atoms with Crippen LogP contribution in [0, 0.1) is 6.92 Å². The van der Waals surface area contributed by atoms with E-state index in [1.807, 2.05) is 13.0 Å². The van der Waals surface area contributed by atoms with Crippen molar-refractivity contribution in [3.05, 3.63) is 29.6 Å². The number of carbonyl (C=O) groups is 1. The Morgan fingerprint density at radius 1 is 1.37 bits per heavy atom. The lowest BCUT2D eigenvalue weighted by molar-refractivity contribution is -0.140. The van der Waals surface area contributed by atoms with E-state index in [-0.39, 0.29) is 0 Å². The second kappa shape index (κ2) is 6.66. The number of aromatic nitrogens is 1. The molecule has 1 aromatic rings. The lowest BCUT2D eigenvalue weighted by Crippen LogP contribution is -2.37. The van der Waals surface area contributed by atoms with Crippen LogP contribution in [0.25, 0.3) is 0 Å². The molecule has 1 heterocycles. The number of pyridine rings is 1. The van der Waals surface area contributed by atoms with Gasteiger partial charge in [0.15, 0.2) is 0 Å². The molecule has 1 aliphatic rings. The van der Waals surface area contributed by atoms with Gasteiger partial charge in [-0.2, -0.15) is 0 Å². The van der Waals surface area contributed by atoms with Crippen molar-refractivity contribution in [1.29, 1.82) is 0 Å². The lowest BCUT2D eigenvalue weighted by Gasteiger charge is -2.23. The highest BCUT2D eigenvalue weighted by atomic mass is 16.4. The minimum Gasteiger partial charge on any atom is -0.480 e. The second-order valence-electron chi connectivity index (χ2n) is 5.36. The molecule has 1 aromatic heterocycles. The summed E-state index contributed by atoms with van der Waals surface area (Å²) in [7, 11) is 0. The largest absolute Gasteiger partial charge is 0.480 e. The smallest absolute Gasteiger partial charge is 0.325 e. The van der Waals surface area contributed by atoms with Crippen molar-refractivity contribution in [2.75, 3.05) is 0 Å². The maximum atomic E-state index is 11.5. The highest BCUT2D eigenvalue weighted by Gasteiger charge is 2.25. The molecule has 2 N–H and O–H groups in total. The molecule has 1 unspecified atom stereocenters. The molecule has 2 rings (SSSR count). The van der Waals surface area contributed by atoms with Gasteiger partial charge < -0.3 is 5.11 Å². The van der Waals surface area contributed by atoms with Crippen molar-refractivity contribution in [3.63, 3.8) is 0 Å². The summed E-state index contributed by atoms with van der Waals surface area (Å²) >= 11 is 0. The van der Waals surface area contributed by atoms with Gasteiger partial charge >= 0.3 is 5.97 Å². The van der Waals surface area contributed by atoms with Crippen LogP contribution < -0.4 is 5.32 Å². The molecule has 1 atom stereocenters. The third-order valence-electron chi connectivity index (χ3n) is 3.90.